The van der Waals surface area contributed by atoms with E-state index in [9.17, 15) is 14.4 Å². The van der Waals surface area contributed by atoms with Crippen molar-refractivity contribution in [2.45, 2.75) is 76.6 Å². The lowest BCUT2D eigenvalue weighted by Gasteiger charge is -2.31. The number of halogens is 1. The van der Waals surface area contributed by atoms with Crippen LogP contribution in [-0.4, -0.2) is 61.8 Å². The first kappa shape index (κ1) is 30.7. The molecule has 0 unspecified atom stereocenters. The molecule has 1 aliphatic carbocycles. The molecule has 11 nitrogen and oxygen atoms in total. The fourth-order valence-corrected chi connectivity index (χ4v) is 4.92. The molecular formula is C30H36ClN7O4. The maximum absolute atomic E-state index is 13.4. The maximum atomic E-state index is 13.4. The van der Waals surface area contributed by atoms with Crippen LogP contribution >= 0.6 is 11.6 Å². The molecule has 0 radical (unpaired) electrons. The van der Waals surface area contributed by atoms with Crippen LogP contribution in [0.2, 0.25) is 5.02 Å². The van der Waals surface area contributed by atoms with Crippen molar-refractivity contribution >= 4 is 35.6 Å². The fourth-order valence-electron chi connectivity index (χ4n) is 4.74. The molecule has 1 fully saturated rings. The number of hydrogen-bond donors (Lipinski definition) is 3. The largest absolute Gasteiger partial charge is 0.444 e. The van der Waals surface area contributed by atoms with Gasteiger partial charge >= 0.3 is 6.09 Å². The maximum Gasteiger partial charge on any atom is 0.407 e. The quantitative estimate of drug-likeness (QED) is 0.318. The summed E-state index contributed by atoms with van der Waals surface area (Å²) in [4.78, 5) is 38.6. The first-order valence-corrected chi connectivity index (χ1v) is 14.3. The number of carbonyl (C=O) groups is 3. The zero-order valence-corrected chi connectivity index (χ0v) is 24.7. The van der Waals surface area contributed by atoms with Crippen LogP contribution in [0.4, 0.5) is 4.79 Å². The number of amides is 3. The second-order valence-corrected chi connectivity index (χ2v) is 11.7. The molecule has 4 rings (SSSR count). The third kappa shape index (κ3) is 9.41. The predicted molar refractivity (Wildman–Crippen MR) is 159 cm³/mol. The van der Waals surface area contributed by atoms with Crippen LogP contribution in [-0.2, 0) is 20.7 Å². The van der Waals surface area contributed by atoms with Gasteiger partial charge < -0.3 is 20.7 Å². The minimum Gasteiger partial charge on any atom is -0.444 e. The Kier molecular flexibility index (Phi) is 10.3. The van der Waals surface area contributed by atoms with Gasteiger partial charge in [-0.15, -0.1) is 5.10 Å². The second kappa shape index (κ2) is 14.1. The van der Waals surface area contributed by atoms with Crippen LogP contribution < -0.4 is 16.0 Å². The molecule has 1 saturated carbocycles. The van der Waals surface area contributed by atoms with Gasteiger partial charge in [-0.2, -0.15) is 4.68 Å². The molecule has 1 aromatic heterocycles. The number of ether oxygens (including phenoxy) is 1. The van der Waals surface area contributed by atoms with Crippen LogP contribution in [0.3, 0.4) is 0 Å². The molecule has 1 heterocycles. The highest BCUT2D eigenvalue weighted by atomic mass is 35.5. The summed E-state index contributed by atoms with van der Waals surface area (Å²) in [6.45, 7) is 5.47. The van der Waals surface area contributed by atoms with E-state index in [2.05, 4.69) is 31.5 Å². The Balaban J connectivity index is 1.38. The van der Waals surface area contributed by atoms with Gasteiger partial charge in [0.1, 0.15) is 18.0 Å². The van der Waals surface area contributed by atoms with Crippen molar-refractivity contribution in [1.29, 1.82) is 0 Å². The van der Waals surface area contributed by atoms with Gasteiger partial charge in [-0.3, -0.25) is 9.59 Å². The van der Waals surface area contributed by atoms with Crippen LogP contribution in [0.1, 0.15) is 57.6 Å². The summed E-state index contributed by atoms with van der Waals surface area (Å²) < 4.78 is 6.82. The number of rotatable bonds is 9. The molecule has 0 spiro atoms. The second-order valence-electron chi connectivity index (χ2n) is 11.2. The molecule has 1 atom stereocenters. The first-order chi connectivity index (χ1) is 20.1. The summed E-state index contributed by atoms with van der Waals surface area (Å²) in [5.74, 6) is -0.694. The zero-order valence-electron chi connectivity index (χ0n) is 23.9. The number of aromatic nitrogens is 4. The van der Waals surface area contributed by atoms with Gasteiger partial charge in [0.25, 0.3) is 0 Å². The molecule has 0 aliphatic heterocycles. The summed E-state index contributed by atoms with van der Waals surface area (Å²) in [6, 6.07) is 13.8. The Morgan fingerprint density at radius 2 is 1.74 bits per heavy atom. The predicted octanol–water partition coefficient (Wildman–Crippen LogP) is 4.01. The van der Waals surface area contributed by atoms with Crippen molar-refractivity contribution < 1.29 is 19.1 Å². The number of nitrogens with zero attached hydrogens (tertiary/aromatic N) is 4. The van der Waals surface area contributed by atoms with Crippen LogP contribution in [0, 0.1) is 0 Å². The summed E-state index contributed by atoms with van der Waals surface area (Å²) >= 11 is 6.19. The average Bonchev–Trinajstić information content (AvgIpc) is 3.47. The summed E-state index contributed by atoms with van der Waals surface area (Å²) in [5.41, 5.74) is 1.63. The summed E-state index contributed by atoms with van der Waals surface area (Å²) in [7, 11) is 0. The topological polar surface area (TPSA) is 140 Å². The van der Waals surface area contributed by atoms with Crippen LogP contribution in [0.5, 0.6) is 0 Å². The number of nitrogens with one attached hydrogen (secondary N) is 3. The van der Waals surface area contributed by atoms with Gasteiger partial charge in [-0.25, -0.2) is 4.79 Å². The van der Waals surface area contributed by atoms with Crippen molar-refractivity contribution in [2.75, 3.05) is 0 Å². The first-order valence-electron chi connectivity index (χ1n) is 13.9. The molecular weight excluding hydrogens is 558 g/mol. The highest BCUT2D eigenvalue weighted by Crippen LogP contribution is 2.21. The van der Waals surface area contributed by atoms with E-state index in [-0.39, 0.29) is 18.0 Å². The standard InChI is InChI=1S/C30H36ClN7O4/c1-30(2,3)42-29(41)34-24-13-11-23(12-14-24)33-28(40)25(17-20-7-5-4-6-8-20)35-27(39)16-9-21-18-22(31)10-15-26(21)38-19-32-36-37-38/h4-10,15-16,18-19,23-25H,11-14,17H2,1-3H3,(H,33,40)(H,34,41)(H,35,39)/t23?,24?,25-/m0/s1. The van der Waals surface area contributed by atoms with Gasteiger partial charge in [-0.1, -0.05) is 41.9 Å². The highest BCUT2D eigenvalue weighted by Gasteiger charge is 2.28. The van der Waals surface area contributed by atoms with E-state index in [4.69, 9.17) is 16.3 Å². The smallest absolute Gasteiger partial charge is 0.407 e. The molecule has 2 aromatic carbocycles. The Morgan fingerprint density at radius 3 is 2.38 bits per heavy atom. The van der Waals surface area contributed by atoms with E-state index in [1.54, 1.807) is 24.3 Å². The van der Waals surface area contributed by atoms with Gasteiger partial charge in [-0.05, 0) is 86.7 Å². The van der Waals surface area contributed by atoms with E-state index in [1.165, 1.54) is 17.1 Å². The molecule has 1 aliphatic rings. The molecule has 222 valence electrons. The number of tetrazole rings is 1. The molecule has 3 aromatic rings. The van der Waals surface area contributed by atoms with E-state index >= 15 is 0 Å². The van der Waals surface area contributed by atoms with Crippen molar-refractivity contribution in [3.05, 3.63) is 77.1 Å². The molecule has 12 heteroatoms. The molecule has 0 saturated heterocycles. The number of carbonyl (C=O) groups excluding carboxylic acids is 3. The number of benzene rings is 2. The minimum atomic E-state index is -0.791. The van der Waals surface area contributed by atoms with Crippen LogP contribution in [0.25, 0.3) is 11.8 Å². The molecule has 3 N–H and O–H groups in total. The Bertz CT molecular complexity index is 1380. The van der Waals surface area contributed by atoms with E-state index in [0.717, 1.165) is 5.56 Å². The van der Waals surface area contributed by atoms with Gasteiger partial charge in [0, 0.05) is 35.2 Å². The highest BCUT2D eigenvalue weighted by molar-refractivity contribution is 6.30. The Labute approximate surface area is 250 Å². The monoisotopic (exact) mass is 593 g/mol. The Hall–Kier alpha value is -4.25. The van der Waals surface area contributed by atoms with Gasteiger partial charge in [0.15, 0.2) is 0 Å². The third-order valence-corrected chi connectivity index (χ3v) is 6.94. The average molecular weight is 594 g/mol. The lowest BCUT2D eigenvalue weighted by Crippen LogP contribution is -2.52. The van der Waals surface area contributed by atoms with Crippen molar-refractivity contribution in [1.82, 2.24) is 36.2 Å². The van der Waals surface area contributed by atoms with Crippen molar-refractivity contribution in [3.8, 4) is 5.69 Å². The van der Waals surface area contributed by atoms with E-state index in [1.807, 2.05) is 51.1 Å². The van der Waals surface area contributed by atoms with Crippen molar-refractivity contribution in [3.63, 3.8) is 0 Å². The lowest BCUT2D eigenvalue weighted by atomic mass is 9.91. The van der Waals surface area contributed by atoms with Crippen molar-refractivity contribution in [2.24, 2.45) is 0 Å². The molecule has 3 amide bonds. The fraction of sp³-hybridized carbons (Fsp3) is 0.400. The van der Waals surface area contributed by atoms with E-state index < -0.39 is 23.6 Å². The SMILES string of the molecule is CC(C)(C)OC(=O)NC1CCC(NC(=O)[C@H](Cc2ccccc2)NC(=O)C=Cc2cc(Cl)ccc2-n2cnnn2)CC1. The molecule has 42 heavy (non-hydrogen) atoms. The number of alkyl carbamates (subject to hydrolysis) is 1. The number of hydrogen-bond acceptors (Lipinski definition) is 7. The van der Waals surface area contributed by atoms with E-state index in [0.29, 0.717) is 48.4 Å². The molecule has 0 bridgehead atoms. The zero-order chi connectivity index (χ0) is 30.1. The van der Waals surface area contributed by atoms with Crippen LogP contribution in [0.15, 0.2) is 60.9 Å². The normalized spacial score (nSPS) is 17.8. The van der Waals surface area contributed by atoms with Gasteiger partial charge in [0.05, 0.1) is 5.69 Å². The summed E-state index contributed by atoms with van der Waals surface area (Å²) in [6.07, 6.45) is 7.14. The third-order valence-electron chi connectivity index (χ3n) is 6.71. The minimum absolute atomic E-state index is 0.0114. The lowest BCUT2D eigenvalue weighted by molar-refractivity contribution is -0.127. The van der Waals surface area contributed by atoms with Gasteiger partial charge in [0.2, 0.25) is 11.8 Å². The summed E-state index contributed by atoms with van der Waals surface area (Å²) in [5, 5.41) is 20.6. The Morgan fingerprint density at radius 1 is 1.05 bits per heavy atom.